The van der Waals surface area contributed by atoms with Gasteiger partial charge >= 0.3 is 0 Å². The topological polar surface area (TPSA) is 90.0 Å². The molecule has 204 valence electrons. The summed E-state index contributed by atoms with van der Waals surface area (Å²) in [6, 6.07) is 14.0. The highest BCUT2D eigenvalue weighted by atomic mass is 32.2. The number of likely N-dealkylation sites (tertiary alicyclic amines) is 3. The van der Waals surface area contributed by atoms with Crippen molar-refractivity contribution in [3.05, 3.63) is 54.1 Å². The normalized spacial score (nSPS) is 22.8. The van der Waals surface area contributed by atoms with Crippen molar-refractivity contribution in [3.8, 4) is 11.1 Å². The van der Waals surface area contributed by atoms with Crippen LogP contribution in [-0.2, 0) is 19.6 Å². The van der Waals surface area contributed by atoms with Crippen molar-refractivity contribution < 1.29 is 18.0 Å². The fourth-order valence-electron chi connectivity index (χ4n) is 6.04. The lowest BCUT2D eigenvalue weighted by atomic mass is 10.0. The first kappa shape index (κ1) is 26.8. The summed E-state index contributed by atoms with van der Waals surface area (Å²) in [5, 5.41) is 0. The monoisotopic (exact) mass is 538 g/mol. The Morgan fingerprint density at radius 2 is 1.63 bits per heavy atom. The zero-order chi connectivity index (χ0) is 26.7. The number of carbonyl (C=O) groups excluding carboxylic acids is 2. The quantitative estimate of drug-likeness (QED) is 0.558. The lowest BCUT2D eigenvalue weighted by Gasteiger charge is -2.34. The fourth-order valence-corrected chi connectivity index (χ4v) is 7.27. The molecule has 3 aliphatic heterocycles. The Kier molecular flexibility index (Phi) is 8.16. The molecule has 2 unspecified atom stereocenters. The zero-order valence-electron chi connectivity index (χ0n) is 22.1. The summed E-state index contributed by atoms with van der Waals surface area (Å²) >= 11 is 0. The Hall–Kier alpha value is -2.75. The van der Waals surface area contributed by atoms with Crippen LogP contribution in [0.1, 0.15) is 44.1 Å². The van der Waals surface area contributed by atoms with Crippen LogP contribution in [0, 0.1) is 6.92 Å². The van der Waals surface area contributed by atoms with Crippen molar-refractivity contribution in [3.63, 3.8) is 0 Å². The van der Waals surface area contributed by atoms with E-state index in [4.69, 9.17) is 0 Å². The number of carbonyl (C=O) groups is 2. The summed E-state index contributed by atoms with van der Waals surface area (Å²) < 4.78 is 28.9. The minimum Gasteiger partial charge on any atom is -0.337 e. The van der Waals surface area contributed by atoms with E-state index in [9.17, 15) is 18.0 Å². The minimum atomic E-state index is -3.89. The second-order valence-electron chi connectivity index (χ2n) is 10.8. The van der Waals surface area contributed by atoms with E-state index in [0.29, 0.717) is 19.4 Å². The average molecular weight is 539 g/mol. The third-order valence-corrected chi connectivity index (χ3v) is 9.63. The Balaban J connectivity index is 1.21. The summed E-state index contributed by atoms with van der Waals surface area (Å²) in [5.74, 6) is -0.352. The lowest BCUT2D eigenvalue weighted by molar-refractivity contribution is -0.143. The second kappa shape index (κ2) is 11.6. The Morgan fingerprint density at radius 3 is 2.37 bits per heavy atom. The van der Waals surface area contributed by atoms with E-state index in [1.54, 1.807) is 24.3 Å². The van der Waals surface area contributed by atoms with Gasteiger partial charge in [-0.05, 0) is 87.4 Å². The van der Waals surface area contributed by atoms with E-state index < -0.39 is 16.1 Å². The highest BCUT2D eigenvalue weighted by molar-refractivity contribution is 7.89. The van der Waals surface area contributed by atoms with Gasteiger partial charge in [0.2, 0.25) is 21.8 Å². The van der Waals surface area contributed by atoms with Crippen molar-refractivity contribution >= 4 is 21.8 Å². The van der Waals surface area contributed by atoms with Crippen LogP contribution < -0.4 is 4.72 Å². The van der Waals surface area contributed by atoms with Crippen LogP contribution in [0.15, 0.2) is 53.4 Å². The van der Waals surface area contributed by atoms with E-state index >= 15 is 0 Å². The van der Waals surface area contributed by atoms with Gasteiger partial charge in [-0.3, -0.25) is 9.59 Å². The van der Waals surface area contributed by atoms with Gasteiger partial charge in [-0.25, -0.2) is 8.42 Å². The molecule has 1 N–H and O–H groups in total. The SMILES string of the molecule is Cc1ccccc1-c1ccc(S(=O)(=O)NC2CCCN(CC(=O)N3CCCC3CN3CCCC3)C2=O)cc1. The molecule has 2 amide bonds. The lowest BCUT2D eigenvalue weighted by Crippen LogP contribution is -2.55. The number of sulfonamides is 1. The maximum atomic E-state index is 13.2. The molecule has 2 atom stereocenters. The molecule has 3 heterocycles. The summed E-state index contributed by atoms with van der Waals surface area (Å²) in [5.41, 5.74) is 3.10. The smallest absolute Gasteiger partial charge is 0.242 e. The van der Waals surface area contributed by atoms with Crippen molar-refractivity contribution in [2.75, 3.05) is 39.3 Å². The van der Waals surface area contributed by atoms with E-state index in [0.717, 1.165) is 55.7 Å². The van der Waals surface area contributed by atoms with Crippen molar-refractivity contribution in [1.82, 2.24) is 19.4 Å². The molecule has 3 aliphatic rings. The highest BCUT2D eigenvalue weighted by Crippen LogP contribution is 2.25. The number of hydrogen-bond donors (Lipinski definition) is 1. The van der Waals surface area contributed by atoms with Gasteiger partial charge in [-0.1, -0.05) is 36.4 Å². The van der Waals surface area contributed by atoms with Gasteiger partial charge in [0.15, 0.2) is 0 Å². The van der Waals surface area contributed by atoms with Gasteiger partial charge in [0.25, 0.3) is 0 Å². The average Bonchev–Trinajstić information content (AvgIpc) is 3.59. The van der Waals surface area contributed by atoms with Crippen LogP contribution in [0.5, 0.6) is 0 Å². The van der Waals surface area contributed by atoms with Crippen LogP contribution in [0.4, 0.5) is 0 Å². The van der Waals surface area contributed by atoms with E-state index in [2.05, 4.69) is 9.62 Å². The van der Waals surface area contributed by atoms with Gasteiger partial charge in [0, 0.05) is 25.7 Å². The molecule has 9 heteroatoms. The third kappa shape index (κ3) is 5.95. The van der Waals surface area contributed by atoms with Crippen LogP contribution in [-0.4, -0.2) is 86.3 Å². The van der Waals surface area contributed by atoms with Gasteiger partial charge in [0.05, 0.1) is 11.4 Å². The van der Waals surface area contributed by atoms with Crippen molar-refractivity contribution in [2.24, 2.45) is 0 Å². The highest BCUT2D eigenvalue weighted by Gasteiger charge is 2.36. The Morgan fingerprint density at radius 1 is 0.921 bits per heavy atom. The van der Waals surface area contributed by atoms with E-state index in [-0.39, 0.29) is 29.3 Å². The summed E-state index contributed by atoms with van der Waals surface area (Å²) in [6.07, 6.45) is 5.50. The number of rotatable bonds is 8. The maximum Gasteiger partial charge on any atom is 0.242 e. The van der Waals surface area contributed by atoms with Gasteiger partial charge in [-0.15, -0.1) is 0 Å². The summed E-state index contributed by atoms with van der Waals surface area (Å²) in [6.45, 7) is 6.33. The zero-order valence-corrected chi connectivity index (χ0v) is 23.0. The minimum absolute atomic E-state index is 0.0126. The molecule has 2 aromatic rings. The maximum absolute atomic E-state index is 13.2. The molecule has 5 rings (SSSR count). The number of hydrogen-bond acceptors (Lipinski definition) is 5. The first-order chi connectivity index (χ1) is 18.3. The number of piperidine rings is 1. The first-order valence-corrected chi connectivity index (χ1v) is 15.3. The number of nitrogens with zero attached hydrogens (tertiary/aromatic N) is 3. The second-order valence-corrected chi connectivity index (χ2v) is 12.5. The molecule has 38 heavy (non-hydrogen) atoms. The van der Waals surface area contributed by atoms with E-state index in [1.165, 1.54) is 17.7 Å². The van der Waals surface area contributed by atoms with Crippen LogP contribution in [0.3, 0.4) is 0 Å². The third-order valence-electron chi connectivity index (χ3n) is 8.14. The number of benzene rings is 2. The molecular formula is C29H38N4O4S. The number of nitrogens with one attached hydrogen (secondary N) is 1. The molecule has 0 bridgehead atoms. The molecule has 0 saturated carbocycles. The Bertz CT molecular complexity index is 1260. The van der Waals surface area contributed by atoms with Crippen LogP contribution in [0.25, 0.3) is 11.1 Å². The molecule has 0 aromatic heterocycles. The molecular weight excluding hydrogens is 500 g/mol. The van der Waals surface area contributed by atoms with Gasteiger partial charge in [-0.2, -0.15) is 4.72 Å². The Labute approximate surface area is 226 Å². The molecule has 0 spiro atoms. The molecule has 0 radical (unpaired) electrons. The van der Waals surface area contributed by atoms with Gasteiger partial charge < -0.3 is 14.7 Å². The molecule has 3 fully saturated rings. The van der Waals surface area contributed by atoms with Crippen LogP contribution >= 0.6 is 0 Å². The molecule has 3 saturated heterocycles. The predicted octanol–water partition coefficient (Wildman–Crippen LogP) is 3.02. The summed E-state index contributed by atoms with van der Waals surface area (Å²) in [7, 11) is -3.89. The first-order valence-electron chi connectivity index (χ1n) is 13.8. The van der Waals surface area contributed by atoms with Crippen molar-refractivity contribution in [2.45, 2.75) is 62.4 Å². The van der Waals surface area contributed by atoms with E-state index in [1.807, 2.05) is 36.1 Å². The molecule has 0 aliphatic carbocycles. The number of aryl methyl sites for hydroxylation is 1. The van der Waals surface area contributed by atoms with Gasteiger partial charge in [0.1, 0.15) is 6.04 Å². The molecule has 2 aromatic carbocycles. The predicted molar refractivity (Wildman–Crippen MR) is 147 cm³/mol. The standard InChI is InChI=1S/C29H38N4O4S/c1-22-8-2-3-10-26(22)23-12-14-25(15-13-23)38(36,37)30-27-11-7-18-32(29(27)35)21-28(34)33-19-6-9-24(33)20-31-16-4-5-17-31/h2-3,8,10,12-15,24,27,30H,4-7,9,11,16-21H2,1H3. The fraction of sp³-hybridized carbons (Fsp3) is 0.517. The summed E-state index contributed by atoms with van der Waals surface area (Å²) in [4.78, 5) is 32.5. The molecule has 8 nitrogen and oxygen atoms in total. The largest absolute Gasteiger partial charge is 0.337 e. The van der Waals surface area contributed by atoms with Crippen LogP contribution in [0.2, 0.25) is 0 Å². The van der Waals surface area contributed by atoms with Crippen molar-refractivity contribution in [1.29, 1.82) is 0 Å². The number of amides is 2.